The predicted molar refractivity (Wildman–Crippen MR) is 77.3 cm³/mol. The number of pyridine rings is 1. The molecule has 21 heavy (non-hydrogen) atoms. The van der Waals surface area contributed by atoms with Gasteiger partial charge in [0.2, 0.25) is 0 Å². The summed E-state index contributed by atoms with van der Waals surface area (Å²) in [5.74, 6) is -0.195. The van der Waals surface area contributed by atoms with E-state index in [1.807, 2.05) is 24.3 Å². The maximum absolute atomic E-state index is 11.0. The Kier molecular flexibility index (Phi) is 3.13. The van der Waals surface area contributed by atoms with E-state index in [0.717, 1.165) is 29.3 Å². The van der Waals surface area contributed by atoms with Crippen LogP contribution in [0, 0.1) is 6.92 Å². The highest BCUT2D eigenvalue weighted by atomic mass is 16.4. The van der Waals surface area contributed by atoms with E-state index in [1.54, 1.807) is 24.5 Å². The molecule has 0 aliphatic heterocycles. The van der Waals surface area contributed by atoms with Crippen LogP contribution in [-0.2, 0) is 6.42 Å². The molecule has 0 aromatic carbocycles. The lowest BCUT2D eigenvalue weighted by molar-refractivity contribution is 0.0697. The number of aromatic carboxylic acids is 1. The largest absolute Gasteiger partial charge is 0.478 e. The summed E-state index contributed by atoms with van der Waals surface area (Å²) in [5.41, 5.74) is 3.27. The Morgan fingerprint density at radius 2 is 2.14 bits per heavy atom. The number of hydrogen-bond donors (Lipinski definition) is 1. The number of aryl methyl sites for hydroxylation is 2. The Morgan fingerprint density at radius 3 is 2.86 bits per heavy atom. The maximum atomic E-state index is 11.0. The summed E-state index contributed by atoms with van der Waals surface area (Å²) in [5, 5.41) is 9.05. The van der Waals surface area contributed by atoms with Crippen molar-refractivity contribution in [3.8, 4) is 11.4 Å². The topological polar surface area (TPSA) is 80.4 Å². The lowest BCUT2D eigenvalue weighted by Gasteiger charge is -2.04. The van der Waals surface area contributed by atoms with E-state index in [2.05, 4.69) is 15.0 Å². The molecule has 0 amide bonds. The summed E-state index contributed by atoms with van der Waals surface area (Å²) in [6, 6.07) is 4.95. The third-order valence-electron chi connectivity index (χ3n) is 3.31. The van der Waals surface area contributed by atoms with Gasteiger partial charge in [0.1, 0.15) is 11.5 Å². The highest BCUT2D eigenvalue weighted by Gasteiger charge is 2.14. The molecule has 3 heterocycles. The van der Waals surface area contributed by atoms with Crippen LogP contribution in [0.15, 0.2) is 30.6 Å². The van der Waals surface area contributed by atoms with Crippen LogP contribution in [0.2, 0.25) is 0 Å². The Balaban J connectivity index is 2.22. The van der Waals surface area contributed by atoms with Gasteiger partial charge >= 0.3 is 5.97 Å². The van der Waals surface area contributed by atoms with Crippen molar-refractivity contribution >= 4 is 11.6 Å². The van der Waals surface area contributed by atoms with E-state index in [0.29, 0.717) is 5.65 Å². The number of aromatic nitrogens is 4. The molecule has 0 saturated carbocycles. The molecule has 0 radical (unpaired) electrons. The van der Waals surface area contributed by atoms with Gasteiger partial charge in [-0.2, -0.15) is 0 Å². The van der Waals surface area contributed by atoms with Gasteiger partial charge in [-0.05, 0) is 25.1 Å². The lowest BCUT2D eigenvalue weighted by Crippen LogP contribution is -1.99. The Bertz CT molecular complexity index is 839. The Morgan fingerprint density at radius 1 is 1.33 bits per heavy atom. The van der Waals surface area contributed by atoms with Crippen LogP contribution in [0.25, 0.3) is 17.0 Å². The van der Waals surface area contributed by atoms with E-state index in [1.165, 1.54) is 0 Å². The summed E-state index contributed by atoms with van der Waals surface area (Å²) in [4.78, 5) is 24.2. The fraction of sp³-hybridized carbons (Fsp3) is 0.200. The summed E-state index contributed by atoms with van der Waals surface area (Å²) >= 11 is 0. The molecule has 1 N–H and O–H groups in total. The zero-order valence-corrected chi connectivity index (χ0v) is 11.7. The highest BCUT2D eigenvalue weighted by Crippen LogP contribution is 2.23. The van der Waals surface area contributed by atoms with Crippen molar-refractivity contribution in [2.75, 3.05) is 0 Å². The van der Waals surface area contributed by atoms with Crippen LogP contribution in [0.3, 0.4) is 0 Å². The second kappa shape index (κ2) is 4.97. The van der Waals surface area contributed by atoms with Gasteiger partial charge in [0.05, 0.1) is 22.6 Å². The van der Waals surface area contributed by atoms with Crippen molar-refractivity contribution in [3.05, 3.63) is 47.7 Å². The first-order valence-electron chi connectivity index (χ1n) is 6.64. The minimum Gasteiger partial charge on any atom is -0.478 e. The number of imidazole rings is 1. The van der Waals surface area contributed by atoms with Crippen LogP contribution in [-0.4, -0.2) is 30.4 Å². The number of hydrogen-bond acceptors (Lipinski definition) is 4. The molecule has 0 bridgehead atoms. The molecule has 0 saturated heterocycles. The number of nitrogens with zero attached hydrogens (tertiary/aromatic N) is 4. The third kappa shape index (κ3) is 2.24. The van der Waals surface area contributed by atoms with E-state index in [4.69, 9.17) is 5.11 Å². The molecule has 6 heteroatoms. The Hall–Kier alpha value is -2.76. The second-order valence-corrected chi connectivity index (χ2v) is 4.71. The molecular weight excluding hydrogens is 268 g/mol. The predicted octanol–water partition coefficient (Wildman–Crippen LogP) is 2.36. The van der Waals surface area contributed by atoms with Crippen LogP contribution in [0.5, 0.6) is 0 Å². The molecular formula is C15H14N4O2. The van der Waals surface area contributed by atoms with Gasteiger partial charge in [-0.3, -0.25) is 4.40 Å². The van der Waals surface area contributed by atoms with Crippen LogP contribution in [0.1, 0.15) is 28.8 Å². The van der Waals surface area contributed by atoms with Crippen molar-refractivity contribution in [1.29, 1.82) is 0 Å². The van der Waals surface area contributed by atoms with Crippen molar-refractivity contribution < 1.29 is 9.90 Å². The smallest absolute Gasteiger partial charge is 0.335 e. The lowest BCUT2D eigenvalue weighted by atomic mass is 10.2. The molecule has 0 spiro atoms. The average molecular weight is 282 g/mol. The minimum atomic E-state index is -0.963. The van der Waals surface area contributed by atoms with E-state index < -0.39 is 5.97 Å². The van der Waals surface area contributed by atoms with Crippen molar-refractivity contribution in [3.63, 3.8) is 0 Å². The van der Waals surface area contributed by atoms with Gasteiger partial charge in [0, 0.05) is 18.8 Å². The van der Waals surface area contributed by atoms with Gasteiger partial charge in [0.15, 0.2) is 0 Å². The van der Waals surface area contributed by atoms with Gasteiger partial charge in [-0.25, -0.2) is 19.7 Å². The zero-order chi connectivity index (χ0) is 15.0. The monoisotopic (exact) mass is 282 g/mol. The number of carboxylic acids is 1. The standard InChI is InChI=1S/C15H14N4O2/c1-3-12-16-6-4-11(18-12)14-9(2)17-13-8-10(15(20)21)5-7-19(13)14/h4-8H,3H2,1-2H3,(H,20,21). The van der Waals surface area contributed by atoms with E-state index in [9.17, 15) is 4.79 Å². The molecule has 6 nitrogen and oxygen atoms in total. The third-order valence-corrected chi connectivity index (χ3v) is 3.31. The SMILES string of the molecule is CCc1nccc(-c2c(C)nc3cc(C(=O)O)ccn23)n1. The Labute approximate surface area is 121 Å². The molecule has 0 aliphatic carbocycles. The summed E-state index contributed by atoms with van der Waals surface area (Å²) in [7, 11) is 0. The molecule has 0 atom stereocenters. The van der Waals surface area contributed by atoms with E-state index in [-0.39, 0.29) is 5.56 Å². The first-order valence-corrected chi connectivity index (χ1v) is 6.64. The second-order valence-electron chi connectivity index (χ2n) is 4.71. The molecule has 3 aromatic rings. The first kappa shape index (κ1) is 13.2. The number of rotatable bonds is 3. The van der Waals surface area contributed by atoms with Crippen LogP contribution >= 0.6 is 0 Å². The number of carboxylic acid groups (broad SMARTS) is 1. The summed E-state index contributed by atoms with van der Waals surface area (Å²) in [6.45, 7) is 3.89. The first-order chi connectivity index (χ1) is 10.1. The number of carbonyl (C=O) groups is 1. The average Bonchev–Trinajstić information content (AvgIpc) is 2.82. The van der Waals surface area contributed by atoms with Crippen LogP contribution in [0.4, 0.5) is 0 Å². The highest BCUT2D eigenvalue weighted by molar-refractivity contribution is 5.89. The molecule has 0 fully saturated rings. The van der Waals surface area contributed by atoms with Crippen molar-refractivity contribution in [2.45, 2.75) is 20.3 Å². The van der Waals surface area contributed by atoms with E-state index >= 15 is 0 Å². The molecule has 0 aliphatic rings. The van der Waals surface area contributed by atoms with Crippen LogP contribution < -0.4 is 0 Å². The maximum Gasteiger partial charge on any atom is 0.335 e. The number of fused-ring (bicyclic) bond motifs is 1. The van der Waals surface area contributed by atoms with Gasteiger partial charge in [-0.15, -0.1) is 0 Å². The zero-order valence-electron chi connectivity index (χ0n) is 11.7. The molecule has 3 rings (SSSR count). The van der Waals surface area contributed by atoms with Crippen molar-refractivity contribution in [2.24, 2.45) is 0 Å². The molecule has 0 unspecified atom stereocenters. The fourth-order valence-electron chi connectivity index (χ4n) is 2.31. The molecule has 106 valence electrons. The van der Waals surface area contributed by atoms with Crippen molar-refractivity contribution in [1.82, 2.24) is 19.4 Å². The normalized spacial score (nSPS) is 11.0. The minimum absolute atomic E-state index is 0.219. The summed E-state index contributed by atoms with van der Waals surface area (Å²) in [6.07, 6.45) is 4.19. The summed E-state index contributed by atoms with van der Waals surface area (Å²) < 4.78 is 1.85. The van der Waals surface area contributed by atoms with Gasteiger partial charge in [0.25, 0.3) is 0 Å². The fourth-order valence-corrected chi connectivity index (χ4v) is 2.31. The van der Waals surface area contributed by atoms with Gasteiger partial charge < -0.3 is 5.11 Å². The quantitative estimate of drug-likeness (QED) is 0.797. The van der Waals surface area contributed by atoms with Gasteiger partial charge in [-0.1, -0.05) is 6.92 Å². The molecule has 3 aromatic heterocycles.